The van der Waals surface area contributed by atoms with Crippen LogP contribution in [0.5, 0.6) is 0 Å². The standard InChI is InChI=1S/C62H104N4O46/c1-14(75)63-27-36(84)47(22(9-71)97-54(27)95)106-55-28(64-15(2)76)37(85)50(25(12-74)102-55)109-60-46(94)51(110-62-53(43(91)34(82)21(8-70)101-62)112-57-30(66-17(4)78)39(87)49(24(11-73)104-57)108-59-45(93)41(89)32(80)19(6-68)99-59)35(83)26(105-60)13-96-61-52(42(90)33(81)20(7-69)100-61)111-56-29(65-16(3)77)38(86)48(23(10-72)103-56)107-58-44(92)40(88)31(79)18(5-67)98-58/h18-62,67-74,79-95H,5-13H2,1-4H3,(H,63,75)(H,64,76)(H,65,77)(H,66,78)/t18-,19-,20-,21-,22-,23-,24-,25-,26-,27-,28-,29-,30-,31+,32+,33-,34-,35-,36-,37-,38-,39-,40+,41+,42+,43+,44-,45-,46+,47-,48-,49-,50-,51+,52+,53+,54+,55+,56+,57+,58+,59+,60+,61+,62-/m1/s1. The summed E-state index contributed by atoms with van der Waals surface area (Å²) >= 11 is 0. The summed E-state index contributed by atoms with van der Waals surface area (Å²) in [6.45, 7) is -6.01. The van der Waals surface area contributed by atoms with Crippen LogP contribution in [0.3, 0.4) is 0 Å². The molecule has 9 saturated heterocycles. The zero-order chi connectivity index (χ0) is 82.5. The molecule has 0 unspecified atom stereocenters. The SMILES string of the molecule is CC(=O)N[C@@H]1[C@@H](O)[C@H](O[C@@H]2O[C@H](CO)[C@@H](O[C@@H]3O[C@H](CO[C@H]4O[C@H](CO)[C@@H](O)[C@H](O)[C@@H]4O[C@@H]4O[C@H](CO)[C@@H](O[C@@H]5O[C@H](CO)[C@H](O)[C@H](O)[C@H]5O)[C@H](O)[C@H]4NC(C)=O)[C@@H](O)[C@H](O[C@H]4O[C@H](CO)[C@@H](O)[C@H](O)[C@@H]4O[C@@H]4O[C@H](CO)[C@@H](O[C@@H]5O[C@H](CO)[C@H](O)[C@H](O)[C@H]5O)[C@H](O)[C@H]4NC(C)=O)[C@@H]3O)[C@H](O)[C@H]2NC(C)=O)[C@@H](CO)O[C@@H]1O. The molecule has 9 fully saturated rings. The Morgan fingerprint density at radius 3 is 0.830 bits per heavy atom. The van der Waals surface area contributed by atoms with Crippen LogP contribution in [0, 0.1) is 0 Å². The Labute approximate surface area is 634 Å². The third-order valence-corrected chi connectivity index (χ3v) is 20.4. The maximum Gasteiger partial charge on any atom is 0.217 e. The molecule has 50 nitrogen and oxygen atoms in total. The molecule has 0 spiro atoms. The molecule has 9 aliphatic heterocycles. The van der Waals surface area contributed by atoms with Crippen molar-refractivity contribution < 1.29 is 227 Å². The highest BCUT2D eigenvalue weighted by molar-refractivity contribution is 5.74. The monoisotopic (exact) mass is 1640 g/mol. The molecule has 0 aromatic rings. The van der Waals surface area contributed by atoms with Crippen LogP contribution in [0.2, 0.25) is 0 Å². The zero-order valence-electron chi connectivity index (χ0n) is 60.1. The maximum absolute atomic E-state index is 13.0. The fraction of sp³-hybridized carbons (Fsp3) is 0.935. The minimum Gasteiger partial charge on any atom is -0.394 e. The second-order valence-corrected chi connectivity index (χ2v) is 28.2. The summed E-state index contributed by atoms with van der Waals surface area (Å²) in [5.74, 6) is -3.62. The van der Waals surface area contributed by atoms with Gasteiger partial charge in [0.15, 0.2) is 56.6 Å². The lowest BCUT2D eigenvalue weighted by Gasteiger charge is -2.51. The highest BCUT2D eigenvalue weighted by Gasteiger charge is 2.61. The Balaban J connectivity index is 1.05. The number of ether oxygens (including phenoxy) is 17. The van der Waals surface area contributed by atoms with E-state index in [-0.39, 0.29) is 0 Å². The molecule has 0 saturated carbocycles. The molecule has 9 rings (SSSR count). The van der Waals surface area contributed by atoms with E-state index in [1.54, 1.807) is 0 Å². The van der Waals surface area contributed by atoms with Crippen LogP contribution in [0.4, 0.5) is 0 Å². The van der Waals surface area contributed by atoms with Crippen molar-refractivity contribution in [2.45, 2.75) is 304 Å². The number of aliphatic hydroxyl groups is 25. The largest absolute Gasteiger partial charge is 0.394 e. The number of rotatable bonds is 29. The van der Waals surface area contributed by atoms with Crippen molar-refractivity contribution in [2.24, 2.45) is 0 Å². The summed E-state index contributed by atoms with van der Waals surface area (Å²) in [6.07, 6.45) is -85.1. The Morgan fingerprint density at radius 1 is 0.232 bits per heavy atom. The van der Waals surface area contributed by atoms with Crippen molar-refractivity contribution in [3.63, 3.8) is 0 Å². The van der Waals surface area contributed by atoms with Gasteiger partial charge in [-0.2, -0.15) is 0 Å². The van der Waals surface area contributed by atoms with E-state index < -0.39 is 359 Å². The van der Waals surface area contributed by atoms with Gasteiger partial charge in [0.05, 0.1) is 59.5 Å². The molecule has 50 heteroatoms. The van der Waals surface area contributed by atoms with E-state index in [1.165, 1.54) is 0 Å². The quantitative estimate of drug-likeness (QED) is 0.0331. The van der Waals surface area contributed by atoms with E-state index >= 15 is 0 Å². The number of amides is 4. The average molecular weight is 1640 g/mol. The molecular weight excluding hydrogens is 1540 g/mol. The Hall–Kier alpha value is -3.80. The van der Waals surface area contributed by atoms with Crippen LogP contribution in [0.1, 0.15) is 27.7 Å². The molecule has 0 bridgehead atoms. The van der Waals surface area contributed by atoms with Crippen molar-refractivity contribution in [3.05, 3.63) is 0 Å². The molecule has 4 amide bonds. The predicted molar refractivity (Wildman–Crippen MR) is 343 cm³/mol. The summed E-state index contributed by atoms with van der Waals surface area (Å²) < 4.78 is 101. The lowest BCUT2D eigenvalue weighted by molar-refractivity contribution is -0.399. The summed E-state index contributed by atoms with van der Waals surface area (Å²) in [5.41, 5.74) is 0. The van der Waals surface area contributed by atoms with Crippen molar-refractivity contribution in [1.29, 1.82) is 0 Å². The van der Waals surface area contributed by atoms with E-state index in [0.29, 0.717) is 0 Å². The first-order chi connectivity index (χ1) is 53.0. The van der Waals surface area contributed by atoms with Gasteiger partial charge in [-0.15, -0.1) is 0 Å². The molecule has 0 aromatic heterocycles. The second-order valence-electron chi connectivity index (χ2n) is 28.2. The smallest absolute Gasteiger partial charge is 0.217 e. The van der Waals surface area contributed by atoms with Crippen LogP contribution in [-0.2, 0) is 99.7 Å². The summed E-state index contributed by atoms with van der Waals surface area (Å²) in [6, 6.07) is -7.42. The third-order valence-electron chi connectivity index (χ3n) is 20.4. The summed E-state index contributed by atoms with van der Waals surface area (Å²) in [5, 5.41) is 286. The Kier molecular flexibility index (Phi) is 33.1. The summed E-state index contributed by atoms with van der Waals surface area (Å²) in [4.78, 5) is 50.9. The number of aliphatic hydroxyl groups excluding tert-OH is 25. The van der Waals surface area contributed by atoms with Gasteiger partial charge < -0.3 is 229 Å². The Bertz CT molecular complexity index is 2970. The van der Waals surface area contributed by atoms with Crippen LogP contribution in [0.25, 0.3) is 0 Å². The van der Waals surface area contributed by atoms with Crippen LogP contribution in [0.15, 0.2) is 0 Å². The lowest BCUT2D eigenvalue weighted by Crippen LogP contribution is -2.71. The fourth-order valence-electron chi connectivity index (χ4n) is 14.5. The average Bonchev–Trinajstić information content (AvgIpc) is 0.966. The molecule has 29 N–H and O–H groups in total. The maximum atomic E-state index is 13.0. The molecule has 0 radical (unpaired) electrons. The van der Waals surface area contributed by atoms with Gasteiger partial charge in [0, 0.05) is 27.7 Å². The first kappa shape index (κ1) is 92.1. The normalized spacial score (nSPS) is 48.9. The molecular formula is C62H104N4O46. The van der Waals surface area contributed by atoms with Crippen LogP contribution >= 0.6 is 0 Å². The number of hydrogen-bond acceptors (Lipinski definition) is 46. The minimum atomic E-state index is -2.57. The molecule has 45 atom stereocenters. The van der Waals surface area contributed by atoms with Gasteiger partial charge in [-0.3, -0.25) is 19.2 Å². The van der Waals surface area contributed by atoms with Gasteiger partial charge in [0.2, 0.25) is 23.6 Å². The first-order valence-corrected chi connectivity index (χ1v) is 35.6. The summed E-state index contributed by atoms with van der Waals surface area (Å²) in [7, 11) is 0. The van der Waals surface area contributed by atoms with Gasteiger partial charge in [0.25, 0.3) is 0 Å². The van der Waals surface area contributed by atoms with E-state index in [2.05, 4.69) is 21.3 Å². The predicted octanol–water partition coefficient (Wildman–Crippen LogP) is -20.1. The van der Waals surface area contributed by atoms with Gasteiger partial charge in [-0.1, -0.05) is 0 Å². The zero-order valence-corrected chi connectivity index (χ0v) is 60.1. The molecule has 112 heavy (non-hydrogen) atoms. The van der Waals surface area contributed by atoms with Gasteiger partial charge in [-0.05, 0) is 0 Å². The molecule has 648 valence electrons. The van der Waals surface area contributed by atoms with Crippen molar-refractivity contribution in [3.8, 4) is 0 Å². The highest BCUT2D eigenvalue weighted by atomic mass is 16.8. The fourth-order valence-corrected chi connectivity index (χ4v) is 14.5. The Morgan fingerprint density at radius 2 is 0.482 bits per heavy atom. The van der Waals surface area contributed by atoms with E-state index in [1.807, 2.05) is 0 Å². The third kappa shape index (κ3) is 20.2. The van der Waals surface area contributed by atoms with Crippen LogP contribution < -0.4 is 21.3 Å². The van der Waals surface area contributed by atoms with E-state index in [9.17, 15) is 147 Å². The molecule has 0 aromatic carbocycles. The van der Waals surface area contributed by atoms with Crippen molar-refractivity contribution in [2.75, 3.05) is 59.5 Å². The number of nitrogens with one attached hydrogen (secondary N) is 4. The van der Waals surface area contributed by atoms with Crippen molar-refractivity contribution in [1.82, 2.24) is 21.3 Å². The van der Waals surface area contributed by atoms with Crippen molar-refractivity contribution >= 4 is 23.6 Å². The lowest BCUT2D eigenvalue weighted by atomic mass is 9.93. The van der Waals surface area contributed by atoms with Crippen LogP contribution in [-0.4, -0.2) is 487 Å². The molecule has 0 aliphatic carbocycles. The van der Waals surface area contributed by atoms with Gasteiger partial charge in [0.1, 0.15) is 219 Å². The van der Waals surface area contributed by atoms with E-state index in [0.717, 1.165) is 27.7 Å². The first-order valence-electron chi connectivity index (χ1n) is 35.6. The second kappa shape index (κ2) is 40.3. The topological polar surface area (TPSA) is 779 Å². The van der Waals surface area contributed by atoms with Gasteiger partial charge >= 0.3 is 0 Å². The molecule has 9 heterocycles. The number of hydrogen-bond donors (Lipinski definition) is 29. The molecule has 9 aliphatic rings. The number of carbonyl (C=O) groups excluding carboxylic acids is 4. The number of carbonyl (C=O) groups is 4. The van der Waals surface area contributed by atoms with E-state index in [4.69, 9.17) is 80.5 Å². The highest BCUT2D eigenvalue weighted by Crippen LogP contribution is 2.40. The minimum absolute atomic E-state index is 0.788. The van der Waals surface area contributed by atoms with Gasteiger partial charge in [-0.25, -0.2) is 0 Å².